The van der Waals surface area contributed by atoms with Gasteiger partial charge in [-0.1, -0.05) is 6.07 Å². The van der Waals surface area contributed by atoms with Gasteiger partial charge in [0, 0.05) is 13.1 Å². The average molecular weight is 249 g/mol. The summed E-state index contributed by atoms with van der Waals surface area (Å²) in [6, 6.07) is 4.83. The molecule has 0 saturated carbocycles. The Kier molecular flexibility index (Phi) is 3.36. The molecule has 0 aliphatic carbocycles. The van der Waals surface area contributed by atoms with E-state index < -0.39 is 5.97 Å². The van der Waals surface area contributed by atoms with Gasteiger partial charge < -0.3 is 21.1 Å². The van der Waals surface area contributed by atoms with Crippen LogP contribution in [0.3, 0.4) is 0 Å². The lowest BCUT2D eigenvalue weighted by Crippen LogP contribution is -2.33. The van der Waals surface area contributed by atoms with Gasteiger partial charge in [-0.25, -0.2) is 4.79 Å². The first-order valence-corrected chi connectivity index (χ1v) is 5.73. The SMILES string of the molecule is Nc1c(C(=O)O)cccc1N1CCCNC(=O)C1. The van der Waals surface area contributed by atoms with E-state index in [1.165, 1.54) is 6.07 Å². The fourth-order valence-electron chi connectivity index (χ4n) is 2.03. The first kappa shape index (κ1) is 12.2. The summed E-state index contributed by atoms with van der Waals surface area (Å²) >= 11 is 0. The second kappa shape index (κ2) is 4.95. The van der Waals surface area contributed by atoms with Crippen LogP contribution >= 0.6 is 0 Å². The molecule has 4 N–H and O–H groups in total. The number of carboxylic acids is 1. The standard InChI is InChI=1S/C12H15N3O3/c13-11-8(12(17)18)3-1-4-9(11)15-6-2-5-14-10(16)7-15/h1,3-4H,2,5-7,13H2,(H,14,16)(H,17,18). The van der Waals surface area contributed by atoms with Crippen LogP contribution in [0, 0.1) is 0 Å². The van der Waals surface area contributed by atoms with E-state index in [9.17, 15) is 9.59 Å². The van der Waals surface area contributed by atoms with E-state index in [1.54, 1.807) is 12.1 Å². The maximum atomic E-state index is 11.5. The third-order valence-corrected chi connectivity index (χ3v) is 2.92. The molecule has 6 nitrogen and oxygen atoms in total. The molecule has 1 aromatic rings. The van der Waals surface area contributed by atoms with Crippen molar-refractivity contribution in [1.82, 2.24) is 5.32 Å². The summed E-state index contributed by atoms with van der Waals surface area (Å²) in [6.07, 6.45) is 0.808. The van der Waals surface area contributed by atoms with Crippen molar-refractivity contribution in [3.05, 3.63) is 23.8 Å². The van der Waals surface area contributed by atoms with Crippen molar-refractivity contribution in [1.29, 1.82) is 0 Å². The first-order valence-electron chi connectivity index (χ1n) is 5.73. The van der Waals surface area contributed by atoms with Crippen LogP contribution in [0.4, 0.5) is 11.4 Å². The number of hydrogen-bond acceptors (Lipinski definition) is 4. The number of hydrogen-bond donors (Lipinski definition) is 3. The van der Waals surface area contributed by atoms with E-state index >= 15 is 0 Å². The lowest BCUT2D eigenvalue weighted by molar-refractivity contribution is -0.119. The summed E-state index contributed by atoms with van der Waals surface area (Å²) in [4.78, 5) is 24.3. The zero-order chi connectivity index (χ0) is 13.1. The molecule has 1 saturated heterocycles. The van der Waals surface area contributed by atoms with Crippen LogP contribution in [0.25, 0.3) is 0 Å². The maximum Gasteiger partial charge on any atom is 0.337 e. The molecule has 0 bridgehead atoms. The van der Waals surface area contributed by atoms with E-state index in [4.69, 9.17) is 10.8 Å². The van der Waals surface area contributed by atoms with Gasteiger partial charge in [-0.15, -0.1) is 0 Å². The summed E-state index contributed by atoms with van der Waals surface area (Å²) in [7, 11) is 0. The number of carbonyl (C=O) groups excluding carboxylic acids is 1. The Morgan fingerprint density at radius 3 is 2.94 bits per heavy atom. The Bertz CT molecular complexity index is 487. The highest BCUT2D eigenvalue weighted by Crippen LogP contribution is 2.27. The molecule has 0 spiro atoms. The Balaban J connectivity index is 2.35. The van der Waals surface area contributed by atoms with Crippen molar-refractivity contribution in [2.24, 2.45) is 0 Å². The normalized spacial score (nSPS) is 16.0. The maximum absolute atomic E-state index is 11.5. The number of aromatic carboxylic acids is 1. The number of nitrogen functional groups attached to an aromatic ring is 1. The Morgan fingerprint density at radius 1 is 1.44 bits per heavy atom. The second-order valence-corrected chi connectivity index (χ2v) is 4.17. The summed E-state index contributed by atoms with van der Waals surface area (Å²) in [6.45, 7) is 1.51. The van der Waals surface area contributed by atoms with Crippen LogP contribution < -0.4 is 16.0 Å². The number of anilines is 2. The highest BCUT2D eigenvalue weighted by atomic mass is 16.4. The Labute approximate surface area is 104 Å². The number of nitrogens with two attached hydrogens (primary N) is 1. The van der Waals surface area contributed by atoms with Gasteiger partial charge in [0.2, 0.25) is 5.91 Å². The van der Waals surface area contributed by atoms with Crippen molar-refractivity contribution in [2.75, 3.05) is 30.3 Å². The van der Waals surface area contributed by atoms with Crippen molar-refractivity contribution in [3.8, 4) is 0 Å². The fraction of sp³-hybridized carbons (Fsp3) is 0.333. The van der Waals surface area contributed by atoms with E-state index in [0.717, 1.165) is 6.42 Å². The summed E-state index contributed by atoms with van der Waals surface area (Å²) in [5, 5.41) is 11.8. The molecule has 0 radical (unpaired) electrons. The first-order chi connectivity index (χ1) is 8.59. The molecule has 2 rings (SSSR count). The predicted octanol–water partition coefficient (Wildman–Crippen LogP) is 0.293. The molecule has 96 valence electrons. The number of carboxylic acid groups (broad SMARTS) is 1. The van der Waals surface area contributed by atoms with Gasteiger partial charge in [0.15, 0.2) is 0 Å². The largest absolute Gasteiger partial charge is 0.478 e. The fourth-order valence-corrected chi connectivity index (χ4v) is 2.03. The van der Waals surface area contributed by atoms with Crippen molar-refractivity contribution in [2.45, 2.75) is 6.42 Å². The zero-order valence-electron chi connectivity index (χ0n) is 9.85. The number of carbonyl (C=O) groups is 2. The van der Waals surface area contributed by atoms with Gasteiger partial charge in [0.25, 0.3) is 0 Å². The van der Waals surface area contributed by atoms with E-state index in [2.05, 4.69) is 5.32 Å². The van der Waals surface area contributed by atoms with Gasteiger partial charge in [-0.05, 0) is 18.6 Å². The third kappa shape index (κ3) is 2.37. The summed E-state index contributed by atoms with van der Waals surface area (Å²) < 4.78 is 0. The zero-order valence-corrected chi connectivity index (χ0v) is 9.85. The van der Waals surface area contributed by atoms with Gasteiger partial charge >= 0.3 is 5.97 Å². The molecule has 0 atom stereocenters. The molecular formula is C12H15N3O3. The molecule has 0 unspecified atom stereocenters. The molecule has 1 fully saturated rings. The molecule has 1 aliphatic rings. The summed E-state index contributed by atoms with van der Waals surface area (Å²) in [5.74, 6) is -1.14. The van der Waals surface area contributed by atoms with Crippen molar-refractivity contribution in [3.63, 3.8) is 0 Å². The van der Waals surface area contributed by atoms with Gasteiger partial charge in [-0.3, -0.25) is 4.79 Å². The molecule has 1 aromatic carbocycles. The minimum atomic E-state index is -1.06. The lowest BCUT2D eigenvalue weighted by Gasteiger charge is -2.23. The molecule has 0 aromatic heterocycles. The van der Waals surface area contributed by atoms with Gasteiger partial charge in [-0.2, -0.15) is 0 Å². The van der Waals surface area contributed by atoms with Crippen LogP contribution in [0.15, 0.2) is 18.2 Å². The summed E-state index contributed by atoms with van der Waals surface area (Å²) in [5.41, 5.74) is 6.74. The molecule has 18 heavy (non-hydrogen) atoms. The predicted molar refractivity (Wildman–Crippen MR) is 67.7 cm³/mol. The Morgan fingerprint density at radius 2 is 2.22 bits per heavy atom. The van der Waals surface area contributed by atoms with Crippen LogP contribution in [-0.2, 0) is 4.79 Å². The Hall–Kier alpha value is -2.24. The van der Waals surface area contributed by atoms with Crippen molar-refractivity contribution >= 4 is 23.3 Å². The van der Waals surface area contributed by atoms with E-state index in [1.807, 2.05) is 4.90 Å². The number of benzene rings is 1. The monoisotopic (exact) mass is 249 g/mol. The minimum absolute atomic E-state index is 0.0668. The number of nitrogens with zero attached hydrogens (tertiary/aromatic N) is 1. The van der Waals surface area contributed by atoms with Crippen LogP contribution in [0.5, 0.6) is 0 Å². The van der Waals surface area contributed by atoms with Crippen molar-refractivity contribution < 1.29 is 14.7 Å². The highest BCUT2D eigenvalue weighted by molar-refractivity contribution is 5.97. The third-order valence-electron chi connectivity index (χ3n) is 2.92. The average Bonchev–Trinajstić information content (AvgIpc) is 2.53. The number of rotatable bonds is 2. The van der Waals surface area contributed by atoms with E-state index in [0.29, 0.717) is 18.8 Å². The quantitative estimate of drug-likeness (QED) is 0.655. The molecule has 1 aliphatic heterocycles. The van der Waals surface area contributed by atoms with E-state index in [-0.39, 0.29) is 23.7 Å². The van der Waals surface area contributed by atoms with Crippen LogP contribution in [-0.4, -0.2) is 36.6 Å². The second-order valence-electron chi connectivity index (χ2n) is 4.17. The topological polar surface area (TPSA) is 95.7 Å². The molecule has 6 heteroatoms. The smallest absolute Gasteiger partial charge is 0.337 e. The number of nitrogens with one attached hydrogen (secondary N) is 1. The molecule has 1 heterocycles. The lowest BCUT2D eigenvalue weighted by atomic mass is 10.1. The van der Waals surface area contributed by atoms with Gasteiger partial charge in [0.1, 0.15) is 0 Å². The van der Waals surface area contributed by atoms with Crippen LogP contribution in [0.2, 0.25) is 0 Å². The molecule has 1 amide bonds. The minimum Gasteiger partial charge on any atom is -0.478 e. The highest BCUT2D eigenvalue weighted by Gasteiger charge is 2.19. The van der Waals surface area contributed by atoms with Crippen LogP contribution in [0.1, 0.15) is 16.8 Å². The molecular weight excluding hydrogens is 234 g/mol. The number of amides is 1. The van der Waals surface area contributed by atoms with Gasteiger partial charge in [0.05, 0.1) is 23.5 Å². The number of para-hydroxylation sites is 1.